The van der Waals surface area contributed by atoms with Gasteiger partial charge in [0.25, 0.3) is 0 Å². The van der Waals surface area contributed by atoms with Crippen LogP contribution < -0.4 is 4.74 Å². The first-order valence-electron chi connectivity index (χ1n) is 8.01. The Labute approximate surface area is 141 Å². The van der Waals surface area contributed by atoms with Gasteiger partial charge >= 0.3 is 0 Å². The van der Waals surface area contributed by atoms with Crippen molar-refractivity contribution in [2.75, 3.05) is 26.4 Å². The van der Waals surface area contributed by atoms with E-state index in [1.807, 2.05) is 6.07 Å². The molecule has 2 aliphatic heterocycles. The second-order valence-electron chi connectivity index (χ2n) is 6.50. The molecule has 0 saturated carbocycles. The van der Waals surface area contributed by atoms with Gasteiger partial charge in [-0.25, -0.2) is 0 Å². The van der Waals surface area contributed by atoms with E-state index in [0.29, 0.717) is 5.75 Å². The van der Waals surface area contributed by atoms with Crippen LogP contribution in [0.1, 0.15) is 24.0 Å². The second kappa shape index (κ2) is 5.46. The lowest BCUT2D eigenvalue weighted by molar-refractivity contribution is 0.201. The summed E-state index contributed by atoms with van der Waals surface area (Å²) in [6.07, 6.45) is 4.17. The van der Waals surface area contributed by atoms with Crippen LogP contribution >= 0.6 is 11.8 Å². The summed E-state index contributed by atoms with van der Waals surface area (Å²) in [7, 11) is 2.17. The topological polar surface area (TPSA) is 32.7 Å². The number of fused-ring (bicyclic) bond motifs is 4. The van der Waals surface area contributed by atoms with Crippen LogP contribution in [0.5, 0.6) is 17.2 Å². The number of ether oxygens (including phenoxy) is 1. The number of para-hydroxylation sites is 1. The molecule has 3 nitrogen and oxygen atoms in total. The first kappa shape index (κ1) is 14.9. The van der Waals surface area contributed by atoms with Crippen LogP contribution in [0, 0.1) is 0 Å². The Kier molecular flexibility index (Phi) is 3.54. The molecule has 0 bridgehead atoms. The molecule has 1 saturated heterocycles. The van der Waals surface area contributed by atoms with Crippen molar-refractivity contribution in [3.63, 3.8) is 0 Å². The van der Waals surface area contributed by atoms with Crippen molar-refractivity contribution >= 4 is 11.8 Å². The van der Waals surface area contributed by atoms with Gasteiger partial charge in [-0.3, -0.25) is 0 Å². The number of hydrogen-bond acceptors (Lipinski definition) is 4. The third-order valence-corrected chi connectivity index (χ3v) is 5.99. The van der Waals surface area contributed by atoms with Gasteiger partial charge in [-0.05, 0) is 57.4 Å². The molecule has 0 radical (unpaired) electrons. The van der Waals surface area contributed by atoms with Crippen LogP contribution in [0.3, 0.4) is 0 Å². The molecule has 0 amide bonds. The summed E-state index contributed by atoms with van der Waals surface area (Å²) in [6.45, 7) is 2.11. The minimum atomic E-state index is -0.0505. The van der Waals surface area contributed by atoms with Gasteiger partial charge in [0.05, 0.1) is 0 Å². The normalized spacial score (nSPS) is 19.0. The zero-order valence-electron chi connectivity index (χ0n) is 13.5. The van der Waals surface area contributed by atoms with Crippen LogP contribution in [0.4, 0.5) is 0 Å². The van der Waals surface area contributed by atoms with E-state index in [1.165, 1.54) is 10.5 Å². The number of thioether (sulfide) groups is 1. The van der Waals surface area contributed by atoms with Gasteiger partial charge in [0.2, 0.25) is 0 Å². The number of likely N-dealkylation sites (tertiary alicyclic amines) is 1. The molecule has 4 rings (SSSR count). The van der Waals surface area contributed by atoms with Crippen molar-refractivity contribution in [2.24, 2.45) is 0 Å². The summed E-state index contributed by atoms with van der Waals surface area (Å²) in [5.41, 5.74) is 2.35. The number of rotatable bonds is 1. The summed E-state index contributed by atoms with van der Waals surface area (Å²) in [5, 5.41) is 10.3. The predicted octanol–water partition coefficient (Wildman–Crippen LogP) is 4.23. The maximum Gasteiger partial charge on any atom is 0.173 e. The molecule has 2 aromatic rings. The summed E-state index contributed by atoms with van der Waals surface area (Å²) < 4.78 is 6.13. The Morgan fingerprint density at radius 1 is 1.13 bits per heavy atom. The van der Waals surface area contributed by atoms with Crippen LogP contribution in [-0.4, -0.2) is 36.4 Å². The maximum absolute atomic E-state index is 10.3. The highest BCUT2D eigenvalue weighted by atomic mass is 32.2. The molecule has 1 N–H and O–H groups in total. The molecule has 120 valence electrons. The van der Waals surface area contributed by atoms with Crippen molar-refractivity contribution in [3.05, 3.63) is 47.5 Å². The quantitative estimate of drug-likeness (QED) is 0.795. The van der Waals surface area contributed by atoms with E-state index in [2.05, 4.69) is 42.5 Å². The minimum absolute atomic E-state index is 0.0505. The molecule has 2 aromatic carbocycles. The summed E-state index contributed by atoms with van der Waals surface area (Å²) in [4.78, 5) is 3.56. The maximum atomic E-state index is 10.3. The standard InChI is InChI=1S/C19H21NO2S/c1-20-10-8-19(9-11-20)14-7-6-13(23-2)12-17(14)22-18-15(19)4-3-5-16(18)21/h3-7,12,21H,8-11H2,1-2H3. The zero-order valence-corrected chi connectivity index (χ0v) is 14.3. The fourth-order valence-corrected chi connectivity index (χ4v) is 4.34. The molecule has 1 fully saturated rings. The molecule has 4 heteroatoms. The Bertz CT molecular complexity index is 751. The molecular weight excluding hydrogens is 306 g/mol. The van der Waals surface area contributed by atoms with Gasteiger partial charge in [-0.2, -0.15) is 0 Å². The van der Waals surface area contributed by atoms with E-state index in [4.69, 9.17) is 4.74 Å². The Morgan fingerprint density at radius 2 is 1.91 bits per heavy atom. The van der Waals surface area contributed by atoms with Gasteiger partial charge in [-0.15, -0.1) is 11.8 Å². The number of hydrogen-bond donors (Lipinski definition) is 1. The third-order valence-electron chi connectivity index (χ3n) is 5.27. The van der Waals surface area contributed by atoms with Gasteiger partial charge in [0.1, 0.15) is 5.75 Å². The van der Waals surface area contributed by atoms with E-state index < -0.39 is 0 Å². The molecular formula is C19H21NO2S. The summed E-state index contributed by atoms with van der Waals surface area (Å²) >= 11 is 1.71. The fourth-order valence-electron chi connectivity index (χ4n) is 3.91. The molecule has 0 aliphatic carbocycles. The monoisotopic (exact) mass is 327 g/mol. The van der Waals surface area contributed by atoms with Gasteiger partial charge in [-0.1, -0.05) is 18.2 Å². The molecule has 0 aromatic heterocycles. The Morgan fingerprint density at radius 3 is 2.65 bits per heavy atom. The molecule has 0 unspecified atom stereocenters. The lowest BCUT2D eigenvalue weighted by Gasteiger charge is -2.45. The Balaban J connectivity index is 1.93. The van der Waals surface area contributed by atoms with E-state index in [-0.39, 0.29) is 11.2 Å². The average Bonchev–Trinajstić information content (AvgIpc) is 2.58. The number of benzene rings is 2. The number of aromatic hydroxyl groups is 1. The summed E-state index contributed by atoms with van der Waals surface area (Å²) in [6, 6.07) is 12.3. The molecule has 23 heavy (non-hydrogen) atoms. The second-order valence-corrected chi connectivity index (χ2v) is 7.38. The molecule has 2 aliphatic rings. The largest absolute Gasteiger partial charge is 0.504 e. The summed E-state index contributed by atoms with van der Waals surface area (Å²) in [5.74, 6) is 1.78. The lowest BCUT2D eigenvalue weighted by Crippen LogP contribution is -2.43. The highest BCUT2D eigenvalue weighted by Crippen LogP contribution is 2.55. The van der Waals surface area contributed by atoms with Gasteiger partial charge in [0.15, 0.2) is 11.5 Å². The predicted molar refractivity (Wildman–Crippen MR) is 93.9 cm³/mol. The highest BCUT2D eigenvalue weighted by molar-refractivity contribution is 7.98. The first-order valence-corrected chi connectivity index (χ1v) is 9.24. The smallest absolute Gasteiger partial charge is 0.173 e. The number of phenolic OH excluding ortho intramolecular Hbond substituents is 1. The van der Waals surface area contributed by atoms with E-state index in [0.717, 1.165) is 37.2 Å². The zero-order chi connectivity index (χ0) is 16.0. The van der Waals surface area contributed by atoms with Crippen LogP contribution in [0.15, 0.2) is 41.3 Å². The van der Waals surface area contributed by atoms with Crippen molar-refractivity contribution in [3.8, 4) is 17.2 Å². The van der Waals surface area contributed by atoms with Gasteiger partial charge in [0, 0.05) is 21.4 Å². The third kappa shape index (κ3) is 2.24. The van der Waals surface area contributed by atoms with E-state index in [9.17, 15) is 5.11 Å². The Hall–Kier alpha value is -1.65. The number of phenols is 1. The fraction of sp³-hybridized carbons (Fsp3) is 0.368. The van der Waals surface area contributed by atoms with Gasteiger partial charge < -0.3 is 14.7 Å². The lowest BCUT2D eigenvalue weighted by atomic mass is 9.66. The molecule has 0 atom stereocenters. The molecule has 2 heterocycles. The first-order chi connectivity index (χ1) is 11.1. The highest BCUT2D eigenvalue weighted by Gasteiger charge is 2.44. The van der Waals surface area contributed by atoms with E-state index >= 15 is 0 Å². The van der Waals surface area contributed by atoms with E-state index in [1.54, 1.807) is 17.8 Å². The van der Waals surface area contributed by atoms with Crippen molar-refractivity contribution in [2.45, 2.75) is 23.2 Å². The minimum Gasteiger partial charge on any atom is -0.504 e. The van der Waals surface area contributed by atoms with Crippen LogP contribution in [0.25, 0.3) is 0 Å². The van der Waals surface area contributed by atoms with Crippen molar-refractivity contribution in [1.82, 2.24) is 4.90 Å². The average molecular weight is 327 g/mol. The SMILES string of the molecule is CSc1ccc2c(c1)Oc1c(O)cccc1C21CCN(C)CC1. The van der Waals surface area contributed by atoms with Crippen LogP contribution in [0.2, 0.25) is 0 Å². The molecule has 1 spiro atoms. The van der Waals surface area contributed by atoms with Crippen LogP contribution in [-0.2, 0) is 5.41 Å². The van der Waals surface area contributed by atoms with Crippen molar-refractivity contribution < 1.29 is 9.84 Å². The van der Waals surface area contributed by atoms with Crippen molar-refractivity contribution in [1.29, 1.82) is 0 Å². The number of piperidine rings is 1. The number of nitrogens with zero attached hydrogens (tertiary/aromatic N) is 1.